The van der Waals surface area contributed by atoms with E-state index in [-0.39, 0.29) is 57.5 Å². The van der Waals surface area contributed by atoms with Crippen LogP contribution in [0.25, 0.3) is 32.9 Å². The summed E-state index contributed by atoms with van der Waals surface area (Å²) in [5.41, 5.74) is 0.429. The van der Waals surface area contributed by atoms with E-state index in [1.807, 2.05) is 0 Å². The van der Waals surface area contributed by atoms with Crippen molar-refractivity contribution in [3.8, 4) is 41.4 Å². The summed E-state index contributed by atoms with van der Waals surface area (Å²) >= 11 is 0. The lowest BCUT2D eigenvalue weighted by Crippen LogP contribution is -2.44. The van der Waals surface area contributed by atoms with Crippen molar-refractivity contribution in [1.82, 2.24) is 19.9 Å². The lowest BCUT2D eigenvalue weighted by Gasteiger charge is -2.38. The molecule has 0 radical (unpaired) electrons. The molecule has 2 atom stereocenters. The summed E-state index contributed by atoms with van der Waals surface area (Å²) in [5, 5.41) is 22.1. The zero-order chi connectivity index (χ0) is 30.9. The first kappa shape index (κ1) is 28.0. The van der Waals surface area contributed by atoms with Crippen LogP contribution in [0.5, 0.6) is 11.8 Å². The van der Waals surface area contributed by atoms with Gasteiger partial charge in [-0.1, -0.05) is 12.0 Å². The minimum Gasteiger partial charge on any atom is -0.508 e. The van der Waals surface area contributed by atoms with Crippen LogP contribution in [0.4, 0.5) is 14.6 Å². The van der Waals surface area contributed by atoms with Gasteiger partial charge in [0.05, 0.1) is 34.2 Å². The number of phenols is 1. The number of rotatable bonds is 4. The number of nitriles is 1. The van der Waals surface area contributed by atoms with E-state index in [1.165, 1.54) is 24.3 Å². The maximum atomic E-state index is 17.0. The summed E-state index contributed by atoms with van der Waals surface area (Å²) in [4.78, 5) is 19.0. The van der Waals surface area contributed by atoms with Gasteiger partial charge in [-0.15, -0.1) is 6.42 Å². The Balaban J connectivity index is 1.37. The second-order valence-corrected chi connectivity index (χ2v) is 12.8. The minimum absolute atomic E-state index is 0.0280. The van der Waals surface area contributed by atoms with E-state index in [0.29, 0.717) is 35.4 Å². The second kappa shape index (κ2) is 10.5. The Morgan fingerprint density at radius 1 is 1.04 bits per heavy atom. The Kier molecular flexibility index (Phi) is 6.54. The highest BCUT2D eigenvalue weighted by molar-refractivity contribution is 6.03. The summed E-state index contributed by atoms with van der Waals surface area (Å²) in [6.45, 7) is 3.18. The Morgan fingerprint density at radius 2 is 1.87 bits per heavy atom. The predicted octanol–water partition coefficient (Wildman–Crippen LogP) is 5.87. The van der Waals surface area contributed by atoms with Crippen molar-refractivity contribution in [2.45, 2.75) is 62.9 Å². The second-order valence-electron chi connectivity index (χ2n) is 12.8. The maximum absolute atomic E-state index is 17.0. The first-order valence-electron chi connectivity index (χ1n) is 15.8. The molecule has 2 aromatic heterocycles. The number of piperidine rings is 1. The molecule has 3 fully saturated rings. The van der Waals surface area contributed by atoms with Gasteiger partial charge in [0.25, 0.3) is 0 Å². The first-order chi connectivity index (χ1) is 21.9. The Morgan fingerprint density at radius 3 is 2.64 bits per heavy atom. The van der Waals surface area contributed by atoms with Gasteiger partial charge >= 0.3 is 6.01 Å². The van der Waals surface area contributed by atoms with E-state index in [9.17, 15) is 14.8 Å². The van der Waals surface area contributed by atoms with Crippen LogP contribution < -0.4 is 9.64 Å². The number of halogens is 2. The highest BCUT2D eigenvalue weighted by atomic mass is 19.1. The van der Waals surface area contributed by atoms with Gasteiger partial charge in [-0.2, -0.15) is 15.2 Å². The molecular weight excluding hydrogens is 574 g/mol. The first-order valence-corrected chi connectivity index (χ1v) is 15.8. The van der Waals surface area contributed by atoms with E-state index in [0.717, 1.165) is 58.0 Å². The number of aromatic nitrogens is 3. The van der Waals surface area contributed by atoms with Crippen LogP contribution >= 0.6 is 0 Å². The van der Waals surface area contributed by atoms with Gasteiger partial charge in [-0.25, -0.2) is 13.8 Å². The quantitative estimate of drug-likeness (QED) is 0.288. The van der Waals surface area contributed by atoms with Crippen LogP contribution in [-0.4, -0.2) is 62.8 Å². The molecule has 0 bridgehead atoms. The van der Waals surface area contributed by atoms with Crippen molar-refractivity contribution < 1.29 is 18.6 Å². The molecule has 2 unspecified atom stereocenters. The predicted molar refractivity (Wildman–Crippen MR) is 166 cm³/mol. The SMILES string of the molecule is C#Cc1c(F)ccc2cc(O)cc(-c3nc4c5c(nc(OCC67CCCN6CCC7)nc5c3F)N3CCCCC3C(C#N)C4)c12. The number of fused-ring (bicyclic) bond motifs is 4. The molecule has 0 amide bonds. The van der Waals surface area contributed by atoms with E-state index in [4.69, 9.17) is 21.1 Å². The number of anilines is 1. The third-order valence-electron chi connectivity index (χ3n) is 10.4. The third kappa shape index (κ3) is 4.30. The largest absolute Gasteiger partial charge is 0.508 e. The molecule has 3 saturated heterocycles. The zero-order valence-electron chi connectivity index (χ0n) is 24.8. The van der Waals surface area contributed by atoms with Crippen LogP contribution in [0.2, 0.25) is 0 Å². The molecular formula is C35H32F2N6O2. The van der Waals surface area contributed by atoms with Crippen molar-refractivity contribution in [3.05, 3.63) is 47.2 Å². The normalized spacial score (nSPS) is 22.1. The summed E-state index contributed by atoms with van der Waals surface area (Å²) in [7, 11) is 0. The number of terminal acetylenes is 1. The highest BCUT2D eigenvalue weighted by Crippen LogP contribution is 2.44. The summed E-state index contributed by atoms with van der Waals surface area (Å²) in [6, 6.07) is 7.98. The Labute approximate surface area is 259 Å². The maximum Gasteiger partial charge on any atom is 0.319 e. The fourth-order valence-electron chi connectivity index (χ4n) is 8.33. The molecule has 10 heteroatoms. The zero-order valence-corrected chi connectivity index (χ0v) is 24.8. The van der Waals surface area contributed by atoms with Crippen LogP contribution in [0.1, 0.15) is 56.2 Å². The van der Waals surface area contributed by atoms with Gasteiger partial charge < -0.3 is 14.7 Å². The lowest BCUT2D eigenvalue weighted by atomic mass is 9.89. The number of nitrogens with zero attached hydrogens (tertiary/aromatic N) is 6. The number of benzene rings is 2. The van der Waals surface area contributed by atoms with Gasteiger partial charge in [0.15, 0.2) is 5.82 Å². The molecule has 4 aliphatic rings. The molecule has 8 nitrogen and oxygen atoms in total. The molecule has 8 rings (SSSR count). The van der Waals surface area contributed by atoms with E-state index in [2.05, 4.69) is 26.8 Å². The number of hydrogen-bond donors (Lipinski definition) is 1. The number of pyridine rings is 1. The molecule has 0 aliphatic carbocycles. The van der Waals surface area contributed by atoms with Gasteiger partial charge in [0.1, 0.15) is 35.2 Å². The standard InChI is InChI=1S/C35H32F2N6O2/c1-2-23-25(36)9-8-20-15-22(44)17-24(28(20)23)31-30(37)32-29-26(39-31)16-21(18-38)27-7-3-4-14-43(27)33(29)41-34(40-32)45-19-35-10-5-12-42(35)13-6-11-35/h1,8-9,15,17,21,27,44H,3-7,10-14,16,19H2. The third-order valence-corrected chi connectivity index (χ3v) is 10.4. The Bertz CT molecular complexity index is 1960. The molecule has 45 heavy (non-hydrogen) atoms. The lowest BCUT2D eigenvalue weighted by molar-refractivity contribution is 0.108. The molecule has 6 heterocycles. The van der Waals surface area contributed by atoms with Crippen LogP contribution in [0.3, 0.4) is 0 Å². The molecule has 228 valence electrons. The topological polar surface area (TPSA) is 98.4 Å². The van der Waals surface area contributed by atoms with Gasteiger partial charge in [0, 0.05) is 30.0 Å². The number of ether oxygens (including phenoxy) is 1. The van der Waals surface area contributed by atoms with Gasteiger partial charge in [-0.05, 0) is 81.6 Å². The van der Waals surface area contributed by atoms with E-state index < -0.39 is 17.6 Å². The van der Waals surface area contributed by atoms with Crippen LogP contribution in [-0.2, 0) is 6.42 Å². The molecule has 0 spiro atoms. The van der Waals surface area contributed by atoms with Crippen molar-refractivity contribution in [1.29, 1.82) is 5.26 Å². The molecule has 4 aliphatic heterocycles. The fourth-order valence-corrected chi connectivity index (χ4v) is 8.33. The smallest absolute Gasteiger partial charge is 0.319 e. The minimum atomic E-state index is -0.744. The highest BCUT2D eigenvalue weighted by Gasteiger charge is 2.45. The molecule has 2 aromatic carbocycles. The average molecular weight is 607 g/mol. The molecule has 1 N–H and O–H groups in total. The number of phenolic OH excluding ortho intramolecular Hbond substituents is 1. The van der Waals surface area contributed by atoms with Gasteiger partial charge in [0.2, 0.25) is 0 Å². The average Bonchev–Trinajstić information content (AvgIpc) is 3.60. The van der Waals surface area contributed by atoms with Crippen LogP contribution in [0, 0.1) is 41.2 Å². The summed E-state index contributed by atoms with van der Waals surface area (Å²) < 4.78 is 38.3. The van der Waals surface area contributed by atoms with Gasteiger partial charge in [-0.3, -0.25) is 4.90 Å². The van der Waals surface area contributed by atoms with Crippen molar-refractivity contribution in [3.63, 3.8) is 0 Å². The van der Waals surface area contributed by atoms with E-state index >= 15 is 4.39 Å². The van der Waals surface area contributed by atoms with E-state index in [1.54, 1.807) is 0 Å². The van der Waals surface area contributed by atoms with Crippen molar-refractivity contribution >= 4 is 27.5 Å². The molecule has 4 aromatic rings. The fraction of sp³-hybridized carbons (Fsp3) is 0.429. The summed E-state index contributed by atoms with van der Waals surface area (Å²) in [5.74, 6) is 0.998. The Hall–Kier alpha value is -4.54. The number of hydrogen-bond acceptors (Lipinski definition) is 8. The monoisotopic (exact) mass is 606 g/mol. The summed E-state index contributed by atoms with van der Waals surface area (Å²) in [6.07, 6.45) is 13.0. The molecule has 0 saturated carbocycles. The van der Waals surface area contributed by atoms with Crippen molar-refractivity contribution in [2.24, 2.45) is 5.92 Å². The number of aromatic hydroxyl groups is 1. The van der Waals surface area contributed by atoms with Crippen LogP contribution in [0.15, 0.2) is 24.3 Å². The van der Waals surface area contributed by atoms with Crippen molar-refractivity contribution in [2.75, 3.05) is 31.1 Å².